The van der Waals surface area contributed by atoms with E-state index in [9.17, 15) is 18.0 Å². The van der Waals surface area contributed by atoms with E-state index in [0.717, 1.165) is 6.07 Å². The number of hydrogen-bond acceptors (Lipinski definition) is 3. The lowest BCUT2D eigenvalue weighted by atomic mass is 9.83. The van der Waals surface area contributed by atoms with Gasteiger partial charge < -0.3 is 4.74 Å². The van der Waals surface area contributed by atoms with Crippen LogP contribution in [0.15, 0.2) is 24.3 Å². The molecule has 0 spiro atoms. The second-order valence-corrected chi connectivity index (χ2v) is 5.04. The van der Waals surface area contributed by atoms with E-state index in [1.165, 1.54) is 18.2 Å². The molecule has 1 aromatic rings. The quantitative estimate of drug-likeness (QED) is 0.747. The van der Waals surface area contributed by atoms with Crippen molar-refractivity contribution in [3.63, 3.8) is 0 Å². The van der Waals surface area contributed by atoms with Crippen LogP contribution in [0.25, 0.3) is 0 Å². The number of carbonyl (C=O) groups is 1. The number of carbonyl (C=O) groups excluding carboxylic acids is 1. The van der Waals surface area contributed by atoms with Crippen molar-refractivity contribution in [2.24, 2.45) is 0 Å². The van der Waals surface area contributed by atoms with Gasteiger partial charge >= 0.3 is 6.36 Å². The van der Waals surface area contributed by atoms with Crippen LogP contribution < -0.4 is 4.74 Å². The Morgan fingerprint density at radius 3 is 2.19 bits per heavy atom. The van der Waals surface area contributed by atoms with E-state index in [1.807, 2.05) is 18.7 Å². The number of nitrogens with zero attached hydrogens (tertiary/aromatic N) is 1. The lowest BCUT2D eigenvalue weighted by molar-refractivity contribution is -0.274. The van der Waals surface area contributed by atoms with Crippen molar-refractivity contribution in [2.75, 3.05) is 14.1 Å². The number of likely N-dealkylation sites (N-methyl/N-ethyl adjacent to an activating group) is 1. The largest absolute Gasteiger partial charge is 0.573 e. The molecule has 0 aliphatic carbocycles. The number of alkyl halides is 3. The summed E-state index contributed by atoms with van der Waals surface area (Å²) in [6.07, 6.45) is -3.63. The van der Waals surface area contributed by atoms with E-state index in [-0.39, 0.29) is 17.1 Å². The van der Waals surface area contributed by atoms with Gasteiger partial charge in [-0.05, 0) is 39.1 Å². The molecule has 6 heteroatoms. The normalized spacial score (nSPS) is 12.6. The Hall–Kier alpha value is -1.56. The summed E-state index contributed by atoms with van der Waals surface area (Å²) in [6.45, 7) is 3.77. The molecule has 3 nitrogen and oxygen atoms in total. The molecule has 0 saturated heterocycles. The number of hydrogen-bond donors (Lipinski definition) is 0. The summed E-state index contributed by atoms with van der Waals surface area (Å²) in [4.78, 5) is 14.5. The summed E-state index contributed by atoms with van der Waals surface area (Å²) in [7, 11) is 3.59. The molecular formula is C15H20F3NO2. The van der Waals surface area contributed by atoms with Gasteiger partial charge in [-0.3, -0.25) is 9.69 Å². The first-order valence-corrected chi connectivity index (χ1v) is 6.74. The molecule has 0 radical (unpaired) electrons. The van der Waals surface area contributed by atoms with Crippen LogP contribution in [0.2, 0.25) is 0 Å². The third-order valence-corrected chi connectivity index (χ3v) is 3.78. The number of ketones is 1. The third kappa shape index (κ3) is 3.97. The molecule has 118 valence electrons. The van der Waals surface area contributed by atoms with Crippen molar-refractivity contribution >= 4 is 5.78 Å². The summed E-state index contributed by atoms with van der Waals surface area (Å²) in [5.74, 6) is -0.585. The Morgan fingerprint density at radius 1 is 1.19 bits per heavy atom. The first kappa shape index (κ1) is 17.5. The zero-order valence-electron chi connectivity index (χ0n) is 12.6. The van der Waals surface area contributed by atoms with Crippen LogP contribution >= 0.6 is 0 Å². The SMILES string of the molecule is CCC(CC)(C(=O)c1cccc(OC(F)(F)F)c1)N(C)C. The number of rotatable bonds is 6. The highest BCUT2D eigenvalue weighted by Crippen LogP contribution is 2.29. The Bertz CT molecular complexity index is 494. The van der Waals surface area contributed by atoms with E-state index in [2.05, 4.69) is 4.74 Å². The van der Waals surface area contributed by atoms with Crippen molar-refractivity contribution in [3.8, 4) is 5.75 Å². The maximum atomic E-state index is 12.7. The molecule has 1 aromatic carbocycles. The van der Waals surface area contributed by atoms with Gasteiger partial charge in [0.05, 0.1) is 5.54 Å². The van der Waals surface area contributed by atoms with Crippen molar-refractivity contribution < 1.29 is 22.7 Å². The average molecular weight is 303 g/mol. The van der Waals surface area contributed by atoms with Crippen LogP contribution in [0.3, 0.4) is 0 Å². The first-order valence-electron chi connectivity index (χ1n) is 6.74. The minimum atomic E-state index is -4.77. The van der Waals surface area contributed by atoms with E-state index >= 15 is 0 Å². The van der Waals surface area contributed by atoms with Crippen LogP contribution in [0.5, 0.6) is 5.75 Å². The fourth-order valence-corrected chi connectivity index (χ4v) is 2.51. The zero-order valence-corrected chi connectivity index (χ0v) is 12.6. The van der Waals surface area contributed by atoms with Gasteiger partial charge in [0.25, 0.3) is 0 Å². The molecule has 0 aliphatic heterocycles. The molecule has 0 N–H and O–H groups in total. The van der Waals surface area contributed by atoms with Gasteiger partial charge in [0.2, 0.25) is 0 Å². The molecule has 1 rings (SSSR count). The lowest BCUT2D eigenvalue weighted by Gasteiger charge is -2.37. The predicted molar refractivity (Wildman–Crippen MR) is 74.5 cm³/mol. The third-order valence-electron chi connectivity index (χ3n) is 3.78. The smallest absolute Gasteiger partial charge is 0.406 e. The van der Waals surface area contributed by atoms with Crippen LogP contribution in [0, 0.1) is 0 Å². The Balaban J connectivity index is 3.15. The summed E-state index contributed by atoms with van der Waals surface area (Å²) in [5.41, 5.74) is -0.509. The van der Waals surface area contributed by atoms with Crippen molar-refractivity contribution in [1.82, 2.24) is 4.90 Å². The van der Waals surface area contributed by atoms with E-state index < -0.39 is 11.9 Å². The summed E-state index contributed by atoms with van der Waals surface area (Å²) < 4.78 is 40.6. The van der Waals surface area contributed by atoms with E-state index in [4.69, 9.17) is 0 Å². The van der Waals surface area contributed by atoms with Crippen molar-refractivity contribution in [3.05, 3.63) is 29.8 Å². The van der Waals surface area contributed by atoms with Crippen molar-refractivity contribution in [2.45, 2.75) is 38.6 Å². The molecule has 21 heavy (non-hydrogen) atoms. The van der Waals surface area contributed by atoms with Crippen LogP contribution in [0.4, 0.5) is 13.2 Å². The van der Waals surface area contributed by atoms with E-state index in [0.29, 0.717) is 12.8 Å². The Labute approximate surface area is 122 Å². The Kier molecular flexibility index (Phi) is 5.39. The highest BCUT2D eigenvalue weighted by Gasteiger charge is 2.38. The second kappa shape index (κ2) is 6.47. The summed E-state index contributed by atoms with van der Waals surface area (Å²) in [5, 5.41) is 0. The molecule has 0 fully saturated rings. The molecule has 0 bridgehead atoms. The van der Waals surface area contributed by atoms with Gasteiger partial charge in [0.15, 0.2) is 5.78 Å². The maximum absolute atomic E-state index is 12.7. The first-order chi connectivity index (χ1) is 9.66. The molecular weight excluding hydrogens is 283 g/mol. The molecule has 0 aliphatic rings. The topological polar surface area (TPSA) is 29.5 Å². The lowest BCUT2D eigenvalue weighted by Crippen LogP contribution is -2.50. The van der Waals surface area contributed by atoms with Gasteiger partial charge in [-0.1, -0.05) is 26.0 Å². The highest BCUT2D eigenvalue weighted by molar-refractivity contribution is 6.03. The summed E-state index contributed by atoms with van der Waals surface area (Å²) in [6, 6.07) is 5.22. The molecule has 0 heterocycles. The fraction of sp³-hybridized carbons (Fsp3) is 0.533. The molecule has 0 unspecified atom stereocenters. The van der Waals surface area contributed by atoms with E-state index in [1.54, 1.807) is 14.1 Å². The number of benzene rings is 1. The molecule has 0 amide bonds. The Morgan fingerprint density at radius 2 is 1.76 bits per heavy atom. The minimum absolute atomic E-state index is 0.204. The van der Waals surface area contributed by atoms with Gasteiger partial charge in [-0.2, -0.15) is 0 Å². The minimum Gasteiger partial charge on any atom is -0.406 e. The van der Waals surface area contributed by atoms with Gasteiger partial charge in [0, 0.05) is 5.56 Å². The molecule has 0 aromatic heterocycles. The summed E-state index contributed by atoms with van der Waals surface area (Å²) >= 11 is 0. The van der Waals surface area contributed by atoms with Crippen LogP contribution in [-0.2, 0) is 0 Å². The maximum Gasteiger partial charge on any atom is 0.573 e. The highest BCUT2D eigenvalue weighted by atomic mass is 19.4. The second-order valence-electron chi connectivity index (χ2n) is 5.04. The number of ether oxygens (including phenoxy) is 1. The fourth-order valence-electron chi connectivity index (χ4n) is 2.51. The van der Waals surface area contributed by atoms with Gasteiger partial charge in [0.1, 0.15) is 5.75 Å². The van der Waals surface area contributed by atoms with Gasteiger partial charge in [-0.15, -0.1) is 13.2 Å². The number of Topliss-reactive ketones (excluding diaryl/α,β-unsaturated/α-hetero) is 1. The molecule has 0 atom stereocenters. The van der Waals surface area contributed by atoms with Crippen molar-refractivity contribution in [1.29, 1.82) is 0 Å². The average Bonchev–Trinajstić information content (AvgIpc) is 2.38. The predicted octanol–water partition coefficient (Wildman–Crippen LogP) is 3.89. The number of halogens is 3. The standard InChI is InChI=1S/C15H20F3NO2/c1-5-14(6-2,19(3)4)13(20)11-8-7-9-12(10-11)21-15(16,17)18/h7-10H,5-6H2,1-4H3. The van der Waals surface area contributed by atoms with Gasteiger partial charge in [-0.25, -0.2) is 0 Å². The zero-order chi connectivity index (χ0) is 16.3. The van der Waals surface area contributed by atoms with Crippen LogP contribution in [-0.4, -0.2) is 36.7 Å². The van der Waals surface area contributed by atoms with Crippen LogP contribution in [0.1, 0.15) is 37.0 Å². The monoisotopic (exact) mass is 303 g/mol. The molecule has 0 saturated carbocycles.